The molecule has 1 amide bonds. The van der Waals surface area contributed by atoms with E-state index in [9.17, 15) is 22.0 Å². The van der Waals surface area contributed by atoms with Crippen molar-refractivity contribution in [3.63, 3.8) is 0 Å². The fraction of sp³-hybridized carbons (Fsp3) is 0.500. The molecule has 2 saturated heterocycles. The fourth-order valence-corrected chi connectivity index (χ4v) is 8.98. The van der Waals surface area contributed by atoms with Crippen LogP contribution in [0, 0.1) is 17.6 Å². The van der Waals surface area contributed by atoms with Gasteiger partial charge in [0.2, 0.25) is 5.91 Å². The molecule has 2 fully saturated rings. The monoisotopic (exact) mass is 604 g/mol. The lowest BCUT2D eigenvalue weighted by molar-refractivity contribution is -0.123. The van der Waals surface area contributed by atoms with Crippen LogP contribution in [0.3, 0.4) is 0 Å². The van der Waals surface area contributed by atoms with Crippen molar-refractivity contribution in [3.8, 4) is 0 Å². The summed E-state index contributed by atoms with van der Waals surface area (Å²) in [5.74, 6) is -2.35. The van der Waals surface area contributed by atoms with Gasteiger partial charge in [0.25, 0.3) is 10.0 Å². The Bertz CT molecular complexity index is 1410. The Labute approximate surface area is 232 Å². The molecule has 2 aliphatic rings. The molecule has 3 aromatic rings. The van der Waals surface area contributed by atoms with E-state index < -0.39 is 27.6 Å². The van der Waals surface area contributed by atoms with E-state index in [0.29, 0.717) is 54.6 Å². The molecule has 0 bridgehead atoms. The van der Waals surface area contributed by atoms with Gasteiger partial charge in [0.1, 0.15) is 15.5 Å². The van der Waals surface area contributed by atoms with E-state index in [2.05, 4.69) is 9.88 Å². The third-order valence-electron chi connectivity index (χ3n) is 6.73. The van der Waals surface area contributed by atoms with Gasteiger partial charge in [-0.2, -0.15) is 4.31 Å². The van der Waals surface area contributed by atoms with Crippen LogP contribution in [0.15, 0.2) is 28.5 Å². The average molecular weight is 605 g/mol. The highest BCUT2D eigenvalue weighted by molar-refractivity contribution is 7.91. The van der Waals surface area contributed by atoms with Gasteiger partial charge in [-0.1, -0.05) is 22.9 Å². The van der Waals surface area contributed by atoms with E-state index in [4.69, 9.17) is 16.3 Å². The average Bonchev–Trinajstić information content (AvgIpc) is 3.54. The van der Waals surface area contributed by atoms with Crippen molar-refractivity contribution in [2.75, 3.05) is 57.4 Å². The minimum atomic E-state index is -3.79. The number of anilines is 1. The van der Waals surface area contributed by atoms with Gasteiger partial charge in [-0.05, 0) is 37.5 Å². The first kappa shape index (κ1) is 27.8. The SMILES string of the molecule is O=C(C1CCCN(S(=O)(=O)c2ccc(Cl)s2)C1)N(CCCN1CCOCC1)c1nc2c(F)cc(F)cc2s1. The molecule has 0 radical (unpaired) electrons. The lowest BCUT2D eigenvalue weighted by Crippen LogP contribution is -2.47. The van der Waals surface area contributed by atoms with E-state index in [1.807, 2.05) is 0 Å². The quantitative estimate of drug-likeness (QED) is 0.378. The summed E-state index contributed by atoms with van der Waals surface area (Å²) in [5, 5.41) is 0.279. The second-order valence-electron chi connectivity index (χ2n) is 9.29. The summed E-state index contributed by atoms with van der Waals surface area (Å²) in [6.07, 6.45) is 1.68. The third kappa shape index (κ3) is 6.03. The number of sulfonamides is 1. The number of morpholine rings is 1. The molecule has 0 saturated carbocycles. The van der Waals surface area contributed by atoms with E-state index in [-0.39, 0.29) is 27.3 Å². The van der Waals surface area contributed by atoms with Crippen molar-refractivity contribution < 1.29 is 26.7 Å². The van der Waals surface area contributed by atoms with Crippen molar-refractivity contribution in [3.05, 3.63) is 40.2 Å². The number of amides is 1. The Morgan fingerprint density at radius 2 is 1.97 bits per heavy atom. The van der Waals surface area contributed by atoms with Crippen molar-refractivity contribution in [2.45, 2.75) is 23.5 Å². The van der Waals surface area contributed by atoms with Crippen LogP contribution < -0.4 is 4.90 Å². The number of rotatable bonds is 8. The fourth-order valence-electron chi connectivity index (χ4n) is 4.78. The van der Waals surface area contributed by atoms with Crippen molar-refractivity contribution in [1.29, 1.82) is 0 Å². The number of thiophene rings is 1. The molecule has 0 aliphatic carbocycles. The van der Waals surface area contributed by atoms with Crippen molar-refractivity contribution in [2.24, 2.45) is 5.92 Å². The molecule has 8 nitrogen and oxygen atoms in total. The second-order valence-corrected chi connectivity index (χ2v) is 14.2. The zero-order valence-corrected chi connectivity index (χ0v) is 23.7. The molecule has 38 heavy (non-hydrogen) atoms. The van der Waals surface area contributed by atoms with Gasteiger partial charge in [0.15, 0.2) is 10.9 Å². The van der Waals surface area contributed by atoms with Crippen LogP contribution in [0.1, 0.15) is 19.3 Å². The largest absolute Gasteiger partial charge is 0.379 e. The maximum Gasteiger partial charge on any atom is 0.252 e. The van der Waals surface area contributed by atoms with Gasteiger partial charge in [-0.3, -0.25) is 14.6 Å². The van der Waals surface area contributed by atoms with Gasteiger partial charge >= 0.3 is 0 Å². The zero-order chi connectivity index (χ0) is 26.9. The predicted molar refractivity (Wildman–Crippen MR) is 145 cm³/mol. The lowest BCUT2D eigenvalue weighted by Gasteiger charge is -2.34. The summed E-state index contributed by atoms with van der Waals surface area (Å²) in [6, 6.07) is 4.99. The molecule has 5 rings (SSSR count). The molecular formula is C24H27ClF2N4O4S3. The summed E-state index contributed by atoms with van der Waals surface area (Å²) < 4.78 is 62.2. The van der Waals surface area contributed by atoms with Crippen LogP contribution in [-0.4, -0.2) is 81.0 Å². The summed E-state index contributed by atoms with van der Waals surface area (Å²) >= 11 is 8.00. The highest BCUT2D eigenvalue weighted by Gasteiger charge is 2.37. The molecule has 14 heteroatoms. The highest BCUT2D eigenvalue weighted by atomic mass is 35.5. The Morgan fingerprint density at radius 1 is 1.18 bits per heavy atom. The van der Waals surface area contributed by atoms with E-state index >= 15 is 0 Å². The molecule has 4 heterocycles. The van der Waals surface area contributed by atoms with Crippen LogP contribution in [-0.2, 0) is 19.6 Å². The van der Waals surface area contributed by atoms with Crippen molar-refractivity contribution >= 4 is 65.6 Å². The summed E-state index contributed by atoms with van der Waals surface area (Å²) in [4.78, 5) is 22.0. The second kappa shape index (κ2) is 11.8. The van der Waals surface area contributed by atoms with Crippen LogP contribution in [0.2, 0.25) is 4.34 Å². The number of hydrogen-bond acceptors (Lipinski definition) is 8. The first-order valence-corrected chi connectivity index (χ1v) is 15.8. The molecule has 206 valence electrons. The maximum atomic E-state index is 14.4. The first-order valence-electron chi connectivity index (χ1n) is 12.3. The molecule has 1 unspecified atom stereocenters. The molecule has 1 atom stereocenters. The summed E-state index contributed by atoms with van der Waals surface area (Å²) in [7, 11) is -3.79. The van der Waals surface area contributed by atoms with Crippen LogP contribution >= 0.6 is 34.3 Å². The number of fused-ring (bicyclic) bond motifs is 1. The minimum absolute atomic E-state index is 0.0137. The summed E-state index contributed by atoms with van der Waals surface area (Å²) in [6.45, 7) is 4.34. The Morgan fingerprint density at radius 3 is 2.71 bits per heavy atom. The van der Waals surface area contributed by atoms with Gasteiger partial charge in [-0.25, -0.2) is 22.2 Å². The number of halogens is 3. The minimum Gasteiger partial charge on any atom is -0.379 e. The third-order valence-corrected chi connectivity index (χ3v) is 11.3. The molecule has 0 spiro atoms. The first-order chi connectivity index (χ1) is 18.2. The van der Waals surface area contributed by atoms with Crippen LogP contribution in [0.5, 0.6) is 0 Å². The van der Waals surface area contributed by atoms with E-state index in [0.717, 1.165) is 48.4 Å². The Hall–Kier alpha value is -1.74. The molecule has 2 aliphatic heterocycles. The number of piperidine rings is 1. The maximum absolute atomic E-state index is 14.4. The number of carbonyl (C=O) groups is 1. The number of carbonyl (C=O) groups excluding carboxylic acids is 1. The molecule has 2 aromatic heterocycles. The molecule has 1 aromatic carbocycles. The van der Waals surface area contributed by atoms with Gasteiger partial charge in [0.05, 0.1) is 28.2 Å². The van der Waals surface area contributed by atoms with Gasteiger partial charge in [-0.15, -0.1) is 11.3 Å². The standard InChI is InChI=1S/C24H27ClF2N4O4S3/c25-20-4-5-21(37-20)38(33,34)30-7-1-3-16(15-30)23(32)31(8-2-6-29-9-11-35-12-10-29)24-28-22-18(27)13-17(26)14-19(22)36-24/h4-5,13-14,16H,1-3,6-12,15H2. The number of aromatic nitrogens is 1. The number of benzene rings is 1. The predicted octanol–water partition coefficient (Wildman–Crippen LogP) is 4.45. The Kier molecular flexibility index (Phi) is 8.63. The molecular weight excluding hydrogens is 578 g/mol. The molecule has 0 N–H and O–H groups in total. The van der Waals surface area contributed by atoms with Gasteiger partial charge in [0, 0.05) is 45.3 Å². The Balaban J connectivity index is 1.38. The van der Waals surface area contributed by atoms with Crippen LogP contribution in [0.25, 0.3) is 10.2 Å². The summed E-state index contributed by atoms with van der Waals surface area (Å²) in [5.41, 5.74) is 0.0137. The topological polar surface area (TPSA) is 83.1 Å². The normalized spacial score (nSPS) is 19.7. The zero-order valence-electron chi connectivity index (χ0n) is 20.4. The van der Waals surface area contributed by atoms with Crippen molar-refractivity contribution in [1.82, 2.24) is 14.2 Å². The number of hydrogen-bond donors (Lipinski definition) is 0. The number of nitrogens with zero attached hydrogens (tertiary/aromatic N) is 4. The number of thiazole rings is 1. The van der Waals surface area contributed by atoms with E-state index in [1.54, 1.807) is 0 Å². The van der Waals surface area contributed by atoms with E-state index in [1.165, 1.54) is 27.4 Å². The lowest BCUT2D eigenvalue weighted by atomic mass is 9.98. The van der Waals surface area contributed by atoms with Crippen LogP contribution in [0.4, 0.5) is 13.9 Å². The van der Waals surface area contributed by atoms with Gasteiger partial charge < -0.3 is 4.74 Å². The smallest absolute Gasteiger partial charge is 0.252 e. The number of ether oxygens (including phenoxy) is 1. The highest BCUT2D eigenvalue weighted by Crippen LogP contribution is 2.34.